The number of hydrogen-bond donors (Lipinski definition) is 3. The van der Waals surface area contributed by atoms with Crippen molar-refractivity contribution in [1.82, 2.24) is 0 Å². The summed E-state index contributed by atoms with van der Waals surface area (Å²) < 4.78 is 0. The zero-order valence-corrected chi connectivity index (χ0v) is 8.52. The molecular formula is C9H12ClN3O. The Hall–Kier alpha value is -1.55. The molecule has 4 nitrogen and oxygen atoms in total. The van der Waals surface area contributed by atoms with E-state index in [0.717, 1.165) is 0 Å². The number of nitrogens with two attached hydrogens (primary N) is 1. The summed E-state index contributed by atoms with van der Waals surface area (Å²) in [4.78, 5) is 10.8. The molecule has 0 heterocycles. The Morgan fingerprint density at radius 3 is 2.50 bits per heavy atom. The van der Waals surface area contributed by atoms with Gasteiger partial charge >= 0.3 is 0 Å². The number of nitrogen functional groups attached to an aromatic ring is 1. The summed E-state index contributed by atoms with van der Waals surface area (Å²) in [5.41, 5.74) is 6.43. The fourth-order valence-electron chi connectivity index (χ4n) is 1.02. The molecule has 0 atom stereocenters. The van der Waals surface area contributed by atoms with E-state index in [1.807, 2.05) is 0 Å². The average Bonchev–Trinajstić information content (AvgIpc) is 2.03. The van der Waals surface area contributed by atoms with Crippen LogP contribution in [0, 0.1) is 5.41 Å². The van der Waals surface area contributed by atoms with Crippen LogP contribution in [0.3, 0.4) is 0 Å². The van der Waals surface area contributed by atoms with Gasteiger partial charge in [-0.15, -0.1) is 12.4 Å². The molecule has 0 saturated heterocycles. The predicted octanol–water partition coefficient (Wildman–Crippen LogP) is 1.35. The van der Waals surface area contributed by atoms with Crippen LogP contribution in [0.4, 0.5) is 5.69 Å². The minimum atomic E-state index is -0.172. The number of rotatable bonds is 2. The van der Waals surface area contributed by atoms with Gasteiger partial charge in [-0.3, -0.25) is 10.2 Å². The molecule has 0 spiro atoms. The first-order chi connectivity index (χ1) is 6.11. The molecule has 1 amide bonds. The summed E-state index contributed by atoms with van der Waals surface area (Å²) in [6.45, 7) is 1.41. The topological polar surface area (TPSA) is 79.0 Å². The molecular weight excluding hydrogens is 202 g/mol. The summed E-state index contributed by atoms with van der Waals surface area (Å²) in [5, 5.41) is 9.84. The van der Waals surface area contributed by atoms with Crippen molar-refractivity contribution in [2.75, 3.05) is 5.32 Å². The first-order valence-electron chi connectivity index (χ1n) is 3.82. The molecule has 14 heavy (non-hydrogen) atoms. The van der Waals surface area contributed by atoms with Crippen LogP contribution in [0.2, 0.25) is 0 Å². The number of carbonyl (C=O) groups excluding carboxylic acids is 1. The molecule has 76 valence electrons. The molecule has 0 radical (unpaired) electrons. The van der Waals surface area contributed by atoms with Gasteiger partial charge in [0.2, 0.25) is 5.91 Å². The molecule has 5 heteroatoms. The molecule has 0 saturated carbocycles. The lowest BCUT2D eigenvalue weighted by Crippen LogP contribution is -2.16. The Kier molecular flexibility index (Phi) is 4.66. The second-order valence-corrected chi connectivity index (χ2v) is 2.64. The van der Waals surface area contributed by atoms with Crippen LogP contribution in [-0.2, 0) is 4.79 Å². The molecule has 0 aliphatic rings. The summed E-state index contributed by atoms with van der Waals surface area (Å²) in [5.74, 6) is -0.224. The second-order valence-electron chi connectivity index (χ2n) is 2.64. The van der Waals surface area contributed by atoms with Crippen LogP contribution in [0.5, 0.6) is 0 Å². The van der Waals surface area contributed by atoms with E-state index in [4.69, 9.17) is 11.1 Å². The molecule has 1 aromatic rings. The number of amidine groups is 1. The van der Waals surface area contributed by atoms with Gasteiger partial charge in [0.1, 0.15) is 5.84 Å². The Balaban J connectivity index is 0.00000169. The summed E-state index contributed by atoms with van der Waals surface area (Å²) in [7, 11) is 0. The minimum absolute atomic E-state index is 0. The fraction of sp³-hybridized carbons (Fsp3) is 0.111. The number of hydrogen-bond acceptors (Lipinski definition) is 2. The lowest BCUT2D eigenvalue weighted by molar-refractivity contribution is -0.114. The van der Waals surface area contributed by atoms with Crippen molar-refractivity contribution in [1.29, 1.82) is 5.41 Å². The third-order valence-corrected chi connectivity index (χ3v) is 1.53. The van der Waals surface area contributed by atoms with Crippen LogP contribution in [-0.4, -0.2) is 11.7 Å². The largest absolute Gasteiger partial charge is 0.384 e. The molecule has 0 aliphatic heterocycles. The van der Waals surface area contributed by atoms with Crippen LogP contribution in [0.1, 0.15) is 12.5 Å². The zero-order chi connectivity index (χ0) is 9.84. The quantitative estimate of drug-likeness (QED) is 0.512. The fourth-order valence-corrected chi connectivity index (χ4v) is 1.02. The van der Waals surface area contributed by atoms with E-state index in [1.165, 1.54) is 6.92 Å². The average molecular weight is 214 g/mol. The van der Waals surface area contributed by atoms with Crippen molar-refractivity contribution >= 4 is 29.8 Å². The predicted molar refractivity (Wildman–Crippen MR) is 59.0 cm³/mol. The van der Waals surface area contributed by atoms with E-state index in [9.17, 15) is 4.79 Å². The highest BCUT2D eigenvalue weighted by Crippen LogP contribution is 2.13. The maximum atomic E-state index is 10.8. The zero-order valence-electron chi connectivity index (χ0n) is 7.70. The first-order valence-corrected chi connectivity index (χ1v) is 3.82. The van der Waals surface area contributed by atoms with E-state index in [-0.39, 0.29) is 24.1 Å². The molecule has 4 N–H and O–H groups in total. The molecule has 1 rings (SSSR count). The summed E-state index contributed by atoms with van der Waals surface area (Å²) in [6.07, 6.45) is 0. The number of para-hydroxylation sites is 1. The number of amides is 1. The van der Waals surface area contributed by atoms with Gasteiger partial charge in [-0.05, 0) is 12.1 Å². The lowest BCUT2D eigenvalue weighted by atomic mass is 10.1. The Morgan fingerprint density at radius 2 is 2.00 bits per heavy atom. The molecule has 0 bridgehead atoms. The van der Waals surface area contributed by atoms with Crippen LogP contribution >= 0.6 is 12.4 Å². The van der Waals surface area contributed by atoms with Crippen molar-refractivity contribution in [2.45, 2.75) is 6.92 Å². The van der Waals surface area contributed by atoms with Gasteiger partial charge < -0.3 is 11.1 Å². The third kappa shape index (κ3) is 3.06. The van der Waals surface area contributed by atoms with Crippen molar-refractivity contribution in [3.05, 3.63) is 29.8 Å². The number of anilines is 1. The summed E-state index contributed by atoms with van der Waals surface area (Å²) >= 11 is 0. The highest BCUT2D eigenvalue weighted by atomic mass is 35.5. The minimum Gasteiger partial charge on any atom is -0.384 e. The van der Waals surface area contributed by atoms with E-state index in [0.29, 0.717) is 11.3 Å². The molecule has 0 aromatic heterocycles. The van der Waals surface area contributed by atoms with Gasteiger partial charge in [0, 0.05) is 12.5 Å². The van der Waals surface area contributed by atoms with Gasteiger partial charge in [0.25, 0.3) is 0 Å². The molecule has 1 aromatic carbocycles. The number of nitrogens with one attached hydrogen (secondary N) is 2. The van der Waals surface area contributed by atoms with Gasteiger partial charge in [-0.1, -0.05) is 12.1 Å². The monoisotopic (exact) mass is 213 g/mol. The molecule has 0 aliphatic carbocycles. The van der Waals surface area contributed by atoms with Gasteiger partial charge in [-0.25, -0.2) is 0 Å². The number of carbonyl (C=O) groups is 1. The van der Waals surface area contributed by atoms with Gasteiger partial charge in [-0.2, -0.15) is 0 Å². The Bertz CT molecular complexity index is 352. The third-order valence-electron chi connectivity index (χ3n) is 1.53. The van der Waals surface area contributed by atoms with Crippen molar-refractivity contribution < 1.29 is 4.79 Å². The second kappa shape index (κ2) is 5.24. The Morgan fingerprint density at radius 1 is 1.43 bits per heavy atom. The van der Waals surface area contributed by atoms with Crippen molar-refractivity contribution in [3.8, 4) is 0 Å². The molecule has 0 fully saturated rings. The van der Waals surface area contributed by atoms with Gasteiger partial charge in [0.05, 0.1) is 5.69 Å². The number of benzene rings is 1. The van der Waals surface area contributed by atoms with E-state index in [1.54, 1.807) is 24.3 Å². The molecule has 0 unspecified atom stereocenters. The van der Waals surface area contributed by atoms with E-state index < -0.39 is 0 Å². The maximum absolute atomic E-state index is 10.8. The van der Waals surface area contributed by atoms with Crippen molar-refractivity contribution in [2.24, 2.45) is 5.73 Å². The lowest BCUT2D eigenvalue weighted by Gasteiger charge is -2.07. The van der Waals surface area contributed by atoms with E-state index >= 15 is 0 Å². The number of halogens is 1. The summed E-state index contributed by atoms with van der Waals surface area (Å²) in [6, 6.07) is 6.94. The normalized spacial score (nSPS) is 8.64. The smallest absolute Gasteiger partial charge is 0.221 e. The van der Waals surface area contributed by atoms with Crippen LogP contribution < -0.4 is 11.1 Å². The van der Waals surface area contributed by atoms with Gasteiger partial charge in [0.15, 0.2) is 0 Å². The van der Waals surface area contributed by atoms with Crippen LogP contribution in [0.25, 0.3) is 0 Å². The maximum Gasteiger partial charge on any atom is 0.221 e. The standard InChI is InChI=1S/C9H11N3O.ClH/c1-6(13)12-8-5-3-2-4-7(8)9(10)11;/h2-5H,1H3,(H3,10,11)(H,12,13);1H. The van der Waals surface area contributed by atoms with Crippen LogP contribution in [0.15, 0.2) is 24.3 Å². The first kappa shape index (κ1) is 12.4. The van der Waals surface area contributed by atoms with E-state index in [2.05, 4.69) is 5.32 Å². The highest BCUT2D eigenvalue weighted by Gasteiger charge is 2.04. The van der Waals surface area contributed by atoms with Crippen molar-refractivity contribution in [3.63, 3.8) is 0 Å². The Labute approximate surface area is 88.4 Å². The highest BCUT2D eigenvalue weighted by molar-refractivity contribution is 6.03. The SMILES string of the molecule is CC(=O)Nc1ccccc1C(=N)N.Cl.